The average molecular weight is 560 g/mol. The number of aliphatic imine (C=N–C) groups is 1. The minimum Gasteiger partial charge on any atom is -0.445 e. The number of hydrazine groups is 1. The number of hydrogen-bond donors (Lipinski definition) is 6. The summed E-state index contributed by atoms with van der Waals surface area (Å²) in [6, 6.07) is 5.40. The van der Waals surface area contributed by atoms with Gasteiger partial charge in [-0.1, -0.05) is 43.7 Å². The van der Waals surface area contributed by atoms with E-state index in [-0.39, 0.29) is 49.8 Å². The molecule has 0 aromatic heterocycles. The van der Waals surface area contributed by atoms with Gasteiger partial charge >= 0.3 is 19.6 Å². The van der Waals surface area contributed by atoms with Gasteiger partial charge in [0.15, 0.2) is 17.0 Å². The second kappa shape index (κ2) is 15.5. The Labute approximate surface area is 219 Å². The summed E-state index contributed by atoms with van der Waals surface area (Å²) in [4.78, 5) is 72.8. The first-order valence-electron chi connectivity index (χ1n) is 11.6. The molecule has 16 nitrogen and oxygen atoms in total. The summed E-state index contributed by atoms with van der Waals surface area (Å²) in [5, 5.41) is 15.2. The van der Waals surface area contributed by atoms with Crippen molar-refractivity contribution >= 4 is 31.5 Å². The van der Waals surface area contributed by atoms with Crippen molar-refractivity contribution in [2.45, 2.75) is 64.0 Å². The summed E-state index contributed by atoms with van der Waals surface area (Å²) in [5.41, 5.74) is 11.2. The molecule has 1 rings (SSSR count). The first kappa shape index (κ1) is 32.3. The molecule has 0 spiro atoms. The lowest BCUT2D eigenvalue weighted by molar-refractivity contribution is -0.640. The fourth-order valence-corrected chi connectivity index (χ4v) is 3.49. The first-order chi connectivity index (χ1) is 17.8. The molecule has 0 saturated heterocycles. The molecular formula is C21H34N7O9P. The molecule has 3 atom stereocenters. The lowest BCUT2D eigenvalue weighted by Gasteiger charge is -2.27. The van der Waals surface area contributed by atoms with Gasteiger partial charge in [0.25, 0.3) is 0 Å². The topological polar surface area (TPSA) is 253 Å². The van der Waals surface area contributed by atoms with E-state index in [9.17, 15) is 38.8 Å². The Kier molecular flexibility index (Phi) is 13.2. The highest BCUT2D eigenvalue weighted by molar-refractivity contribution is 7.52. The molecular weight excluding hydrogens is 525 g/mol. The molecule has 0 bridgehead atoms. The number of carbonyl (C=O) groups is 3. The van der Waals surface area contributed by atoms with Gasteiger partial charge in [-0.2, -0.15) is 0 Å². The number of nitrogens with zero attached hydrogens (tertiary/aromatic N) is 3. The second-order valence-electron chi connectivity index (χ2n) is 8.21. The number of ether oxygens (including phenoxy) is 1. The Morgan fingerprint density at radius 1 is 1.18 bits per heavy atom. The number of guanidine groups is 1. The van der Waals surface area contributed by atoms with Crippen LogP contribution in [0.1, 0.15) is 45.1 Å². The van der Waals surface area contributed by atoms with E-state index in [2.05, 4.69) is 10.3 Å². The van der Waals surface area contributed by atoms with Crippen LogP contribution < -0.4 is 22.1 Å². The molecule has 1 aromatic rings. The van der Waals surface area contributed by atoms with Gasteiger partial charge in [-0.25, -0.2) is 14.9 Å². The number of nitro groups is 1. The van der Waals surface area contributed by atoms with E-state index < -0.39 is 48.4 Å². The number of nitrogens with two attached hydrogens (primary N) is 2. The van der Waals surface area contributed by atoms with Crippen LogP contribution in [0.2, 0.25) is 0 Å². The lowest BCUT2D eigenvalue weighted by atomic mass is 10.1. The minimum atomic E-state index is -4.76. The van der Waals surface area contributed by atoms with Crippen LogP contribution in [-0.4, -0.2) is 68.1 Å². The van der Waals surface area contributed by atoms with Gasteiger partial charge in [0.05, 0.1) is 0 Å². The fraction of sp³-hybridized carbons (Fsp3) is 0.524. The summed E-state index contributed by atoms with van der Waals surface area (Å²) in [6.07, 6.45) is -1.06. The van der Waals surface area contributed by atoms with Crippen LogP contribution in [0.5, 0.6) is 0 Å². The Morgan fingerprint density at radius 2 is 1.82 bits per heavy atom. The molecule has 212 valence electrons. The summed E-state index contributed by atoms with van der Waals surface area (Å²) in [6.45, 7) is 2.53. The van der Waals surface area contributed by atoms with Gasteiger partial charge in [-0.3, -0.25) is 19.1 Å². The number of nitrogens with one attached hydrogen (secondary N) is 2. The maximum atomic E-state index is 13.3. The molecule has 3 amide bonds. The highest BCUT2D eigenvalue weighted by atomic mass is 31.2. The van der Waals surface area contributed by atoms with Crippen LogP contribution in [0.4, 0.5) is 4.79 Å². The maximum Gasteiger partial charge on any atom is 0.408 e. The van der Waals surface area contributed by atoms with Crippen molar-refractivity contribution in [3.8, 4) is 0 Å². The van der Waals surface area contributed by atoms with Crippen molar-refractivity contribution in [1.29, 1.82) is 0 Å². The van der Waals surface area contributed by atoms with Gasteiger partial charge < -0.3 is 36.6 Å². The predicted molar refractivity (Wildman–Crippen MR) is 136 cm³/mol. The van der Waals surface area contributed by atoms with E-state index >= 15 is 0 Å². The van der Waals surface area contributed by atoms with E-state index in [0.717, 1.165) is 6.92 Å². The summed E-state index contributed by atoms with van der Waals surface area (Å²) in [5.74, 6) is -4.25. The zero-order chi connectivity index (χ0) is 28.9. The fourth-order valence-electron chi connectivity index (χ4n) is 3.20. The predicted octanol–water partition coefficient (Wildman–Crippen LogP) is 0.164. The van der Waals surface area contributed by atoms with Crippen LogP contribution in [0.15, 0.2) is 35.3 Å². The van der Waals surface area contributed by atoms with Gasteiger partial charge in [0, 0.05) is 6.54 Å². The van der Waals surface area contributed by atoms with Crippen molar-refractivity contribution in [2.75, 3.05) is 6.54 Å². The van der Waals surface area contributed by atoms with E-state index in [1.807, 2.05) is 5.32 Å². The van der Waals surface area contributed by atoms with Crippen molar-refractivity contribution < 1.29 is 38.5 Å². The summed E-state index contributed by atoms with van der Waals surface area (Å²) >= 11 is 0. The third kappa shape index (κ3) is 11.1. The van der Waals surface area contributed by atoms with Crippen molar-refractivity contribution in [3.63, 3.8) is 0 Å². The number of rotatable bonds is 15. The molecule has 0 unspecified atom stereocenters. The van der Waals surface area contributed by atoms with Crippen molar-refractivity contribution in [2.24, 2.45) is 16.5 Å². The quantitative estimate of drug-likeness (QED) is 0.0421. The molecule has 17 heteroatoms. The van der Waals surface area contributed by atoms with Gasteiger partial charge in [0.1, 0.15) is 18.4 Å². The van der Waals surface area contributed by atoms with E-state index in [4.69, 9.17) is 16.2 Å². The molecule has 0 heterocycles. The normalized spacial score (nSPS) is 13.4. The van der Waals surface area contributed by atoms with Gasteiger partial charge in [-0.05, 0) is 36.8 Å². The van der Waals surface area contributed by atoms with Gasteiger partial charge in [-0.15, -0.1) is 0 Å². The Hall–Kier alpha value is -3.75. The highest BCUT2D eigenvalue weighted by Gasteiger charge is 2.43. The van der Waals surface area contributed by atoms with Crippen LogP contribution in [0.3, 0.4) is 0 Å². The van der Waals surface area contributed by atoms with Crippen LogP contribution >= 0.6 is 7.60 Å². The van der Waals surface area contributed by atoms with Crippen molar-refractivity contribution in [3.05, 3.63) is 46.0 Å². The average Bonchev–Trinajstić information content (AvgIpc) is 2.83. The number of alkyl carbamates (subject to hydrolysis) is 1. The molecule has 0 saturated carbocycles. The molecule has 38 heavy (non-hydrogen) atoms. The zero-order valence-corrected chi connectivity index (χ0v) is 22.0. The third-order valence-electron chi connectivity index (χ3n) is 5.17. The SMILES string of the molecule is CCC[C@@H](C(=O)N[C@@H](C)P(=O)(O)O)N(C(=O)[C@H](CCCN=C(N)N)NC(=O)OCc1ccccc1)[N+](=O)[O-]. The maximum absolute atomic E-state index is 13.3. The van der Waals surface area contributed by atoms with Crippen LogP contribution in [0, 0.1) is 10.1 Å². The monoisotopic (exact) mass is 559 g/mol. The van der Waals surface area contributed by atoms with Crippen molar-refractivity contribution in [1.82, 2.24) is 15.6 Å². The molecule has 0 aliphatic carbocycles. The molecule has 8 N–H and O–H groups in total. The standard InChI is InChI=1S/C21H34N7O9P/c1-3-8-17(18(29)25-14(2)38(34,35)36)27(28(32)33)19(30)16(11-7-12-24-20(22)23)26-21(31)37-13-15-9-5-4-6-10-15/h4-6,9-10,14,16-17H,3,7-8,11-13H2,1-2H3,(H,25,29)(H,26,31)(H4,22,23,24)(H2,34,35,36)/t14-,16+,17+/m1/s1. The smallest absolute Gasteiger partial charge is 0.408 e. The van der Waals surface area contributed by atoms with E-state index in [1.165, 1.54) is 0 Å². The minimum absolute atomic E-state index is 0.0456. The first-order valence-corrected chi connectivity index (χ1v) is 13.3. The van der Waals surface area contributed by atoms with E-state index in [0.29, 0.717) is 5.56 Å². The molecule has 0 aliphatic rings. The van der Waals surface area contributed by atoms with Gasteiger partial charge in [0.2, 0.25) is 5.91 Å². The molecule has 0 aliphatic heterocycles. The largest absolute Gasteiger partial charge is 0.445 e. The molecule has 0 fully saturated rings. The van der Waals surface area contributed by atoms with E-state index in [1.54, 1.807) is 37.3 Å². The molecule has 1 aromatic carbocycles. The number of benzene rings is 1. The number of hydrogen-bond acceptors (Lipinski definition) is 8. The summed E-state index contributed by atoms with van der Waals surface area (Å²) < 4.78 is 16.6. The van der Waals surface area contributed by atoms with Crippen LogP contribution in [0.25, 0.3) is 0 Å². The number of amides is 3. The third-order valence-corrected chi connectivity index (χ3v) is 6.30. The highest BCUT2D eigenvalue weighted by Crippen LogP contribution is 2.39. The Bertz CT molecular complexity index is 1030. The lowest BCUT2D eigenvalue weighted by Crippen LogP contribution is -2.58. The summed E-state index contributed by atoms with van der Waals surface area (Å²) in [7, 11) is -4.76. The Morgan fingerprint density at radius 3 is 2.34 bits per heavy atom. The Balaban J connectivity index is 3.16. The number of carbonyl (C=O) groups excluding carboxylic acids is 3. The van der Waals surface area contributed by atoms with Crippen LogP contribution in [-0.2, 0) is 25.5 Å². The zero-order valence-electron chi connectivity index (χ0n) is 21.1. The second-order valence-corrected chi connectivity index (χ2v) is 10.2. The molecule has 0 radical (unpaired) electrons.